The molecule has 2 aromatic heterocycles. The van der Waals surface area contributed by atoms with Gasteiger partial charge in [0.1, 0.15) is 23.9 Å². The molecule has 1 amide bonds. The second-order valence-corrected chi connectivity index (χ2v) is 7.12. The van der Waals surface area contributed by atoms with Crippen LogP contribution in [0.2, 0.25) is 0 Å². The van der Waals surface area contributed by atoms with Gasteiger partial charge in [0.2, 0.25) is 0 Å². The third kappa shape index (κ3) is 5.01. The maximum Gasteiger partial charge on any atom is 0.286 e. The Kier molecular flexibility index (Phi) is 6.51. The van der Waals surface area contributed by atoms with Crippen molar-refractivity contribution >= 4 is 21.8 Å². The van der Waals surface area contributed by atoms with Crippen LogP contribution in [0.3, 0.4) is 0 Å². The van der Waals surface area contributed by atoms with E-state index in [0.717, 1.165) is 22.3 Å². The smallest absolute Gasteiger partial charge is 0.286 e. The zero-order valence-corrected chi connectivity index (χ0v) is 17.3. The summed E-state index contributed by atoms with van der Waals surface area (Å²) in [5, 5.41) is 7.28. The van der Waals surface area contributed by atoms with Crippen LogP contribution in [0.15, 0.2) is 45.3 Å². The van der Waals surface area contributed by atoms with Gasteiger partial charge in [-0.1, -0.05) is 0 Å². The molecule has 6 nitrogen and oxygen atoms in total. The number of ether oxygens (including phenoxy) is 1. The molecular formula is C20H21BrFN3O3. The van der Waals surface area contributed by atoms with Crippen LogP contribution in [-0.4, -0.2) is 22.2 Å². The Morgan fingerprint density at radius 3 is 2.68 bits per heavy atom. The van der Waals surface area contributed by atoms with Gasteiger partial charge in [-0.25, -0.2) is 4.39 Å². The Bertz CT molecular complexity index is 950. The normalized spacial score (nSPS) is 10.9. The number of carbonyl (C=O) groups is 1. The van der Waals surface area contributed by atoms with Gasteiger partial charge >= 0.3 is 0 Å². The number of carbonyl (C=O) groups excluding carboxylic acids is 1. The van der Waals surface area contributed by atoms with E-state index in [1.54, 1.807) is 12.1 Å². The number of furan rings is 1. The summed E-state index contributed by atoms with van der Waals surface area (Å²) in [5.74, 6) is 0.672. The van der Waals surface area contributed by atoms with E-state index < -0.39 is 0 Å². The van der Waals surface area contributed by atoms with Crippen LogP contribution in [0.4, 0.5) is 4.39 Å². The van der Waals surface area contributed by atoms with Crippen LogP contribution >= 0.6 is 15.9 Å². The number of benzene rings is 1. The monoisotopic (exact) mass is 449 g/mol. The number of halogens is 2. The predicted octanol–water partition coefficient (Wildman–Crippen LogP) is 4.39. The van der Waals surface area contributed by atoms with E-state index in [4.69, 9.17) is 9.15 Å². The number of aryl methyl sites for hydroxylation is 2. The summed E-state index contributed by atoms with van der Waals surface area (Å²) in [6, 6.07) is 9.01. The summed E-state index contributed by atoms with van der Waals surface area (Å²) in [7, 11) is 0. The summed E-state index contributed by atoms with van der Waals surface area (Å²) in [4.78, 5) is 12.2. The highest BCUT2D eigenvalue weighted by molar-refractivity contribution is 9.10. The third-order valence-corrected chi connectivity index (χ3v) is 5.35. The molecule has 0 unspecified atom stereocenters. The zero-order valence-electron chi connectivity index (χ0n) is 15.7. The summed E-state index contributed by atoms with van der Waals surface area (Å²) in [5.41, 5.74) is 2.02. The fourth-order valence-corrected chi connectivity index (χ4v) is 2.96. The maximum atomic E-state index is 12.9. The van der Waals surface area contributed by atoms with Crippen molar-refractivity contribution in [1.82, 2.24) is 15.1 Å². The van der Waals surface area contributed by atoms with Gasteiger partial charge in [0.05, 0.1) is 10.2 Å². The lowest BCUT2D eigenvalue weighted by Gasteiger charge is -2.06. The van der Waals surface area contributed by atoms with E-state index in [9.17, 15) is 9.18 Å². The van der Waals surface area contributed by atoms with E-state index in [1.165, 1.54) is 24.3 Å². The topological polar surface area (TPSA) is 69.3 Å². The van der Waals surface area contributed by atoms with Crippen LogP contribution in [0.25, 0.3) is 0 Å². The predicted molar refractivity (Wildman–Crippen MR) is 106 cm³/mol. The number of nitrogens with zero attached hydrogens (tertiary/aromatic N) is 2. The first-order chi connectivity index (χ1) is 13.4. The minimum absolute atomic E-state index is 0.158. The molecule has 0 aliphatic rings. The maximum absolute atomic E-state index is 12.9. The van der Waals surface area contributed by atoms with E-state index in [1.807, 2.05) is 18.5 Å². The number of nitrogens with one attached hydrogen (secondary N) is 1. The lowest BCUT2D eigenvalue weighted by Crippen LogP contribution is -2.25. The first kappa shape index (κ1) is 20.1. The minimum atomic E-state index is -0.324. The van der Waals surface area contributed by atoms with Crippen molar-refractivity contribution in [1.29, 1.82) is 0 Å². The van der Waals surface area contributed by atoms with Crippen LogP contribution in [-0.2, 0) is 13.2 Å². The molecule has 0 saturated heterocycles. The van der Waals surface area contributed by atoms with Gasteiger partial charge in [0, 0.05) is 18.8 Å². The molecule has 0 fully saturated rings. The van der Waals surface area contributed by atoms with E-state index in [2.05, 4.69) is 26.3 Å². The van der Waals surface area contributed by atoms with Gasteiger partial charge in [0.15, 0.2) is 5.76 Å². The van der Waals surface area contributed by atoms with Crippen LogP contribution < -0.4 is 10.1 Å². The average molecular weight is 450 g/mol. The molecule has 0 aliphatic carbocycles. The van der Waals surface area contributed by atoms with Crippen molar-refractivity contribution < 1.29 is 18.3 Å². The molecule has 0 spiro atoms. The Hall–Kier alpha value is -2.61. The molecule has 0 bridgehead atoms. The first-order valence-electron chi connectivity index (χ1n) is 8.89. The molecule has 8 heteroatoms. The average Bonchev–Trinajstić information content (AvgIpc) is 3.26. The van der Waals surface area contributed by atoms with Gasteiger partial charge in [-0.05, 0) is 72.6 Å². The van der Waals surface area contributed by atoms with Crippen molar-refractivity contribution in [2.75, 3.05) is 6.54 Å². The fraction of sp³-hybridized carbons (Fsp3) is 0.300. The van der Waals surface area contributed by atoms with Crippen molar-refractivity contribution in [3.8, 4) is 5.75 Å². The second-order valence-electron chi connectivity index (χ2n) is 6.33. The second kappa shape index (κ2) is 9.05. The van der Waals surface area contributed by atoms with Crippen molar-refractivity contribution in [3.63, 3.8) is 0 Å². The molecule has 1 aromatic carbocycles. The lowest BCUT2D eigenvalue weighted by molar-refractivity contribution is 0.0920. The zero-order chi connectivity index (χ0) is 20.1. The lowest BCUT2D eigenvalue weighted by atomic mass is 10.3. The highest BCUT2D eigenvalue weighted by atomic mass is 79.9. The first-order valence-corrected chi connectivity index (χ1v) is 9.68. The van der Waals surface area contributed by atoms with Gasteiger partial charge in [0.25, 0.3) is 5.91 Å². The minimum Gasteiger partial charge on any atom is -0.486 e. The molecule has 148 valence electrons. The van der Waals surface area contributed by atoms with Gasteiger partial charge < -0.3 is 14.5 Å². The molecule has 3 aromatic rings. The molecule has 2 heterocycles. The molecule has 3 rings (SSSR count). The van der Waals surface area contributed by atoms with E-state index in [-0.39, 0.29) is 24.1 Å². The Labute approximate surface area is 170 Å². The van der Waals surface area contributed by atoms with Gasteiger partial charge in [-0.2, -0.15) is 5.10 Å². The van der Waals surface area contributed by atoms with Crippen LogP contribution in [0.5, 0.6) is 5.75 Å². The number of rotatable bonds is 8. The molecule has 0 aliphatic heterocycles. The highest BCUT2D eigenvalue weighted by Crippen LogP contribution is 2.20. The summed E-state index contributed by atoms with van der Waals surface area (Å²) < 4.78 is 26.8. The van der Waals surface area contributed by atoms with Crippen LogP contribution in [0, 0.1) is 19.7 Å². The van der Waals surface area contributed by atoms with E-state index in [0.29, 0.717) is 24.6 Å². The molecule has 0 saturated carbocycles. The van der Waals surface area contributed by atoms with Crippen LogP contribution in [0.1, 0.15) is 34.1 Å². The quantitative estimate of drug-likeness (QED) is 0.517. The molecular weight excluding hydrogens is 429 g/mol. The SMILES string of the molecule is Cc1nn(CCCNC(=O)c2ccc(COc3ccc(F)cc3)o2)c(C)c1Br. The van der Waals surface area contributed by atoms with Crippen molar-refractivity contribution in [2.24, 2.45) is 0 Å². The van der Waals surface area contributed by atoms with Crippen molar-refractivity contribution in [3.05, 3.63) is 69.6 Å². The van der Waals surface area contributed by atoms with E-state index >= 15 is 0 Å². The molecule has 1 N–H and O–H groups in total. The van der Waals surface area contributed by atoms with Gasteiger partial charge in [-0.3, -0.25) is 9.48 Å². The summed E-state index contributed by atoms with van der Waals surface area (Å²) >= 11 is 3.50. The standard InChI is InChI=1S/C20H21BrFN3O3/c1-13-19(21)14(2)25(24-13)11-3-10-23-20(26)18-9-8-17(28-18)12-27-16-6-4-15(22)5-7-16/h4-9H,3,10-12H2,1-2H3,(H,23,26). The Morgan fingerprint density at radius 2 is 2.00 bits per heavy atom. The fourth-order valence-electron chi connectivity index (χ4n) is 2.67. The largest absolute Gasteiger partial charge is 0.486 e. The molecule has 28 heavy (non-hydrogen) atoms. The number of hydrogen-bond acceptors (Lipinski definition) is 4. The number of amides is 1. The summed E-state index contributed by atoms with van der Waals surface area (Å²) in [6.07, 6.45) is 0.751. The Morgan fingerprint density at radius 1 is 1.25 bits per heavy atom. The Balaban J connectivity index is 1.43. The molecule has 0 atom stereocenters. The number of aromatic nitrogens is 2. The van der Waals surface area contributed by atoms with Gasteiger partial charge in [-0.15, -0.1) is 0 Å². The molecule has 0 radical (unpaired) electrons. The van der Waals surface area contributed by atoms with Crippen molar-refractivity contribution in [2.45, 2.75) is 33.4 Å². The third-order valence-electron chi connectivity index (χ3n) is 4.21. The summed E-state index contributed by atoms with van der Waals surface area (Å²) in [6.45, 7) is 5.33. The number of hydrogen-bond donors (Lipinski definition) is 1. The highest BCUT2D eigenvalue weighted by Gasteiger charge is 2.12.